The molecule has 1 amide bonds. The molecule has 1 aliphatic rings. The summed E-state index contributed by atoms with van der Waals surface area (Å²) in [5.41, 5.74) is 2.19. The summed E-state index contributed by atoms with van der Waals surface area (Å²) in [6.45, 7) is 8.97. The van der Waals surface area contributed by atoms with E-state index >= 15 is 0 Å². The molecular formula is C28H32N8O. The van der Waals surface area contributed by atoms with Crippen LogP contribution in [-0.4, -0.2) is 32.2 Å². The molecule has 0 fully saturated rings. The fourth-order valence-electron chi connectivity index (χ4n) is 4.31. The van der Waals surface area contributed by atoms with Crippen molar-refractivity contribution in [3.8, 4) is 0 Å². The molecule has 0 spiro atoms. The van der Waals surface area contributed by atoms with Crippen molar-refractivity contribution in [2.75, 3.05) is 27.0 Å². The Balaban J connectivity index is 1.66. The van der Waals surface area contributed by atoms with Crippen LogP contribution in [0.1, 0.15) is 39.5 Å². The number of hydrogen-bond donors (Lipinski definition) is 2. The summed E-state index contributed by atoms with van der Waals surface area (Å²) in [4.78, 5) is 27.3. The van der Waals surface area contributed by atoms with E-state index in [1.807, 2.05) is 98.4 Å². The van der Waals surface area contributed by atoms with Gasteiger partial charge in [0.25, 0.3) is 0 Å². The van der Waals surface area contributed by atoms with Gasteiger partial charge in [-0.3, -0.25) is 9.69 Å². The van der Waals surface area contributed by atoms with Crippen molar-refractivity contribution in [2.45, 2.75) is 40.5 Å². The number of rotatable bonds is 7. The summed E-state index contributed by atoms with van der Waals surface area (Å²) in [6.07, 6.45) is 3.38. The number of hydrogen-bond acceptors (Lipinski definition) is 7. The fraction of sp³-hybridized carbons (Fsp3) is 0.286. The van der Waals surface area contributed by atoms with Crippen LogP contribution < -0.4 is 20.4 Å². The summed E-state index contributed by atoms with van der Waals surface area (Å²) in [7, 11) is 0. The van der Waals surface area contributed by atoms with Gasteiger partial charge < -0.3 is 15.5 Å². The number of benzene rings is 2. The van der Waals surface area contributed by atoms with Gasteiger partial charge in [0.05, 0.1) is 0 Å². The second-order valence-corrected chi connectivity index (χ2v) is 9.94. The van der Waals surface area contributed by atoms with Crippen LogP contribution in [0.5, 0.6) is 0 Å². The lowest BCUT2D eigenvalue weighted by atomic mass is 9.96. The van der Waals surface area contributed by atoms with Gasteiger partial charge in [0, 0.05) is 36.6 Å². The maximum Gasteiger partial charge on any atom is 0.230 e. The largest absolute Gasteiger partial charge is 0.350 e. The maximum absolute atomic E-state index is 13.2. The molecule has 0 saturated heterocycles. The third-order valence-corrected chi connectivity index (χ3v) is 6.23. The smallest absolute Gasteiger partial charge is 0.230 e. The van der Waals surface area contributed by atoms with Crippen LogP contribution in [0.15, 0.2) is 79.1 Å². The topological polar surface area (TPSA) is 91.2 Å². The zero-order valence-electron chi connectivity index (χ0n) is 21.6. The maximum atomic E-state index is 13.2. The molecule has 2 aromatic carbocycles. The van der Waals surface area contributed by atoms with Crippen LogP contribution in [0.4, 0.5) is 29.0 Å². The van der Waals surface area contributed by atoms with Crippen LogP contribution in [0.2, 0.25) is 0 Å². The van der Waals surface area contributed by atoms with Crippen LogP contribution in [0.25, 0.3) is 0 Å². The Kier molecular flexibility index (Phi) is 6.52. The molecule has 9 nitrogen and oxygen atoms in total. The Morgan fingerprint density at radius 1 is 0.973 bits per heavy atom. The lowest BCUT2D eigenvalue weighted by molar-refractivity contribution is -0.123. The number of nitrogens with one attached hydrogen (secondary N) is 2. The number of nitrogens with zero attached hydrogens (tertiary/aromatic N) is 6. The Morgan fingerprint density at radius 3 is 2.30 bits per heavy atom. The van der Waals surface area contributed by atoms with E-state index in [1.165, 1.54) is 0 Å². The van der Waals surface area contributed by atoms with E-state index in [9.17, 15) is 4.79 Å². The van der Waals surface area contributed by atoms with E-state index in [1.54, 1.807) is 6.20 Å². The van der Waals surface area contributed by atoms with Crippen molar-refractivity contribution in [1.82, 2.24) is 19.7 Å². The van der Waals surface area contributed by atoms with Crippen molar-refractivity contribution in [3.63, 3.8) is 0 Å². The zero-order chi connectivity index (χ0) is 26.0. The van der Waals surface area contributed by atoms with Crippen molar-refractivity contribution in [3.05, 3.63) is 84.7 Å². The minimum absolute atomic E-state index is 0.124. The van der Waals surface area contributed by atoms with E-state index in [2.05, 4.69) is 32.5 Å². The van der Waals surface area contributed by atoms with Gasteiger partial charge in [-0.25, -0.2) is 4.68 Å². The summed E-state index contributed by atoms with van der Waals surface area (Å²) in [5.74, 6) is 1.50. The molecule has 5 rings (SSSR count). The van der Waals surface area contributed by atoms with Crippen LogP contribution in [0.3, 0.4) is 0 Å². The molecule has 190 valence electrons. The van der Waals surface area contributed by atoms with Crippen LogP contribution in [-0.2, 0) is 11.3 Å². The fourth-order valence-corrected chi connectivity index (χ4v) is 4.31. The first kappa shape index (κ1) is 24.3. The second kappa shape index (κ2) is 9.93. The number of para-hydroxylation sites is 1. The second-order valence-electron chi connectivity index (χ2n) is 9.94. The van der Waals surface area contributed by atoms with Gasteiger partial charge in [-0.1, -0.05) is 69.3 Å². The lowest BCUT2D eigenvalue weighted by Crippen LogP contribution is -2.38. The third kappa shape index (κ3) is 4.84. The Labute approximate surface area is 217 Å². The molecule has 0 bridgehead atoms. The average molecular weight is 497 g/mol. The van der Waals surface area contributed by atoms with Gasteiger partial charge in [0.1, 0.15) is 5.69 Å². The molecule has 1 atom stereocenters. The lowest BCUT2D eigenvalue weighted by Gasteiger charge is -2.32. The first-order valence-corrected chi connectivity index (χ1v) is 12.5. The predicted molar refractivity (Wildman–Crippen MR) is 147 cm³/mol. The van der Waals surface area contributed by atoms with Gasteiger partial charge in [0.2, 0.25) is 18.1 Å². The van der Waals surface area contributed by atoms with Gasteiger partial charge in [-0.05, 0) is 30.7 Å². The summed E-state index contributed by atoms with van der Waals surface area (Å²) in [5, 5.41) is 11.0. The van der Waals surface area contributed by atoms with E-state index in [0.717, 1.165) is 22.8 Å². The van der Waals surface area contributed by atoms with E-state index in [0.29, 0.717) is 24.9 Å². The van der Waals surface area contributed by atoms with E-state index < -0.39 is 5.41 Å². The molecule has 2 N–H and O–H groups in total. The van der Waals surface area contributed by atoms with Gasteiger partial charge in [-0.2, -0.15) is 15.1 Å². The van der Waals surface area contributed by atoms with Gasteiger partial charge in [-0.15, -0.1) is 0 Å². The highest BCUT2D eigenvalue weighted by Gasteiger charge is 2.42. The minimum Gasteiger partial charge on any atom is -0.350 e. The van der Waals surface area contributed by atoms with Crippen molar-refractivity contribution in [1.29, 1.82) is 0 Å². The molecule has 1 aliphatic heterocycles. The van der Waals surface area contributed by atoms with Gasteiger partial charge >= 0.3 is 0 Å². The Hall–Kier alpha value is -4.40. The molecule has 0 radical (unpaired) electrons. The highest BCUT2D eigenvalue weighted by Crippen LogP contribution is 2.50. The molecule has 3 heterocycles. The van der Waals surface area contributed by atoms with Crippen molar-refractivity contribution in [2.24, 2.45) is 5.41 Å². The van der Waals surface area contributed by atoms with Crippen LogP contribution in [0, 0.1) is 5.41 Å². The molecular weight excluding hydrogens is 464 g/mol. The summed E-state index contributed by atoms with van der Waals surface area (Å²) < 4.78 is 1.89. The Morgan fingerprint density at radius 2 is 1.68 bits per heavy atom. The molecule has 4 aromatic rings. The number of carbonyl (C=O) groups is 1. The highest BCUT2D eigenvalue weighted by atomic mass is 16.2. The summed E-state index contributed by atoms with van der Waals surface area (Å²) in [6, 6.07) is 22.0. The molecule has 9 heteroatoms. The molecule has 0 aliphatic carbocycles. The number of amides is 1. The number of aromatic nitrogens is 4. The third-order valence-electron chi connectivity index (χ3n) is 6.23. The first-order valence-electron chi connectivity index (χ1n) is 12.5. The molecule has 1 unspecified atom stereocenters. The predicted octanol–water partition coefficient (Wildman–Crippen LogP) is 5.40. The highest BCUT2D eigenvalue weighted by molar-refractivity contribution is 6.00. The first-order chi connectivity index (χ1) is 17.9. The molecule has 0 saturated carbocycles. The van der Waals surface area contributed by atoms with E-state index in [4.69, 9.17) is 9.97 Å². The quantitative estimate of drug-likeness (QED) is 0.354. The number of carbonyl (C=O) groups excluding carboxylic acids is 1. The van der Waals surface area contributed by atoms with Crippen molar-refractivity contribution >= 4 is 34.9 Å². The van der Waals surface area contributed by atoms with Crippen LogP contribution >= 0.6 is 0 Å². The van der Waals surface area contributed by atoms with Gasteiger partial charge in [0.15, 0.2) is 11.6 Å². The SMILES string of the molecule is CCN1c2nc(NCc3ccccc3)nc(NC(=O)C(C)(C)C)c2N(c2ccccc2)C1n1cccn1. The average Bonchev–Trinajstić information content (AvgIpc) is 3.54. The number of anilines is 5. The van der Waals surface area contributed by atoms with E-state index in [-0.39, 0.29) is 12.2 Å². The molecule has 2 aromatic heterocycles. The number of fused-ring (bicyclic) bond motifs is 1. The van der Waals surface area contributed by atoms with Crippen molar-refractivity contribution < 1.29 is 4.79 Å². The molecule has 37 heavy (non-hydrogen) atoms. The minimum atomic E-state index is -0.600. The Bertz CT molecular complexity index is 1350. The standard InChI is InChI=1S/C28H32N8O/c1-5-34-24-22(36(21-15-10-7-11-16-21)27(34)35-18-12-17-30-35)23(31-25(37)28(2,3)4)32-26(33-24)29-19-20-13-8-6-9-14-20/h6-18,27H,5,19H2,1-4H3,(H2,29,31,32,33,37). The normalized spacial score (nSPS) is 15.0. The monoisotopic (exact) mass is 496 g/mol. The summed E-state index contributed by atoms with van der Waals surface area (Å²) >= 11 is 0. The zero-order valence-corrected chi connectivity index (χ0v) is 21.6.